The Kier molecular flexibility index (Phi) is 9.55. The number of carbonyl (C=O) groups excluding carboxylic acids is 3. The van der Waals surface area contributed by atoms with Crippen LogP contribution in [0.2, 0.25) is 0 Å². The molecular weight excluding hydrogens is 757 g/mol. The molecule has 4 aliphatic rings. The Bertz CT molecular complexity index is 2160. The molecule has 4 amide bonds. The van der Waals surface area contributed by atoms with Gasteiger partial charge in [-0.05, 0) is 57.6 Å². The molecule has 3 aromatic rings. The van der Waals surface area contributed by atoms with Gasteiger partial charge in [0, 0.05) is 42.8 Å². The van der Waals surface area contributed by atoms with Gasteiger partial charge in [0.05, 0.1) is 18.4 Å². The summed E-state index contributed by atoms with van der Waals surface area (Å²) < 4.78 is 94.6. The average Bonchev–Trinajstić information content (AvgIpc) is 3.88. The molecule has 1 saturated heterocycles. The van der Waals surface area contributed by atoms with Gasteiger partial charge in [-0.3, -0.25) is 14.3 Å². The number of alkyl halides is 3. The summed E-state index contributed by atoms with van der Waals surface area (Å²) in [6.45, 7) is 1.77. The van der Waals surface area contributed by atoms with Crippen LogP contribution in [0.3, 0.4) is 0 Å². The third-order valence-corrected chi connectivity index (χ3v) is 13.6. The summed E-state index contributed by atoms with van der Waals surface area (Å²) in [5, 5.41) is 3.59. The standard InChI is InChI=1S/C35H38F4N6O7S2/c1-33(11-12-33)54(49,50)43-31(47)34-16-19(34)8-6-4-5-7-13-44(2)30(46)23-14-20(17-45(23)32(48)42-34)52-25-15-22(29-41-26(18-53-29)35(37,38)39)40-28-21(25)9-10-24(51-3)27(28)36/h6,8-10,15,18-20,23H,4-5,7,11-14,16-17H2,1-3H3,(H,42,48)(H,43,47)/b8-6-/t19-,20+,23+,34-/m1/s1. The van der Waals surface area contributed by atoms with E-state index in [4.69, 9.17) is 9.47 Å². The first kappa shape index (κ1) is 37.8. The monoisotopic (exact) mass is 794 g/mol. The van der Waals surface area contributed by atoms with E-state index in [1.807, 2.05) is 6.08 Å². The average molecular weight is 795 g/mol. The van der Waals surface area contributed by atoms with Gasteiger partial charge in [-0.1, -0.05) is 12.2 Å². The highest BCUT2D eigenvalue weighted by Gasteiger charge is 2.63. The number of amides is 4. The van der Waals surface area contributed by atoms with Gasteiger partial charge in [0.2, 0.25) is 15.9 Å². The third kappa shape index (κ3) is 6.95. The second-order valence-electron chi connectivity index (χ2n) is 14.4. The van der Waals surface area contributed by atoms with Gasteiger partial charge in [-0.15, -0.1) is 11.3 Å². The number of hydrogen-bond acceptors (Lipinski definition) is 10. The molecular formula is C35H38F4N6O7S2. The Labute approximate surface area is 312 Å². The van der Waals surface area contributed by atoms with Crippen LogP contribution in [0.25, 0.3) is 21.6 Å². The summed E-state index contributed by atoms with van der Waals surface area (Å²) in [5.74, 6) is -2.78. The Morgan fingerprint density at radius 3 is 2.59 bits per heavy atom. The zero-order valence-corrected chi connectivity index (χ0v) is 31.2. The van der Waals surface area contributed by atoms with Crippen LogP contribution in [-0.4, -0.2) is 95.7 Å². The molecule has 290 valence electrons. The van der Waals surface area contributed by atoms with Crippen LogP contribution in [0.15, 0.2) is 35.7 Å². The molecule has 1 aromatic carbocycles. The number of aromatic nitrogens is 2. The molecule has 2 aromatic heterocycles. The number of benzene rings is 1. The molecule has 2 N–H and O–H groups in total. The van der Waals surface area contributed by atoms with Crippen LogP contribution >= 0.6 is 11.3 Å². The van der Waals surface area contributed by atoms with E-state index < -0.39 is 73.9 Å². The van der Waals surface area contributed by atoms with Crippen molar-refractivity contribution < 1.29 is 49.8 Å². The van der Waals surface area contributed by atoms with E-state index in [0.717, 1.165) is 11.8 Å². The topological polar surface area (TPSA) is 160 Å². The molecule has 2 aliphatic heterocycles. The fraction of sp³-hybridized carbons (Fsp3) is 0.514. The van der Waals surface area contributed by atoms with Crippen molar-refractivity contribution in [3.05, 3.63) is 47.2 Å². The first-order valence-electron chi connectivity index (χ1n) is 17.4. The van der Waals surface area contributed by atoms with Crippen molar-refractivity contribution in [3.8, 4) is 22.2 Å². The molecule has 0 radical (unpaired) electrons. The molecule has 2 saturated carbocycles. The number of ether oxygens (including phenoxy) is 2. The SMILES string of the molecule is COc1ccc2c(O[C@H]3C[C@H]4C(=O)N(C)CCCC/C=C\[C@@H]5C[C@@]5(C(=O)NS(=O)(=O)C5(C)CC5)NC(=O)N4C3)cc(-c3nc(C(F)(F)F)cs3)nc2c1F. The number of hydrogen-bond donors (Lipinski definition) is 2. The minimum atomic E-state index is -4.72. The van der Waals surface area contributed by atoms with Gasteiger partial charge in [0.15, 0.2) is 17.3 Å². The lowest BCUT2D eigenvalue weighted by Gasteiger charge is -2.30. The minimum absolute atomic E-state index is 0.0139. The lowest BCUT2D eigenvalue weighted by Crippen LogP contribution is -2.58. The van der Waals surface area contributed by atoms with Gasteiger partial charge >= 0.3 is 12.2 Å². The van der Waals surface area contributed by atoms with Crippen LogP contribution in [0, 0.1) is 11.7 Å². The highest BCUT2D eigenvalue weighted by atomic mass is 32.2. The van der Waals surface area contributed by atoms with Crippen molar-refractivity contribution in [2.75, 3.05) is 27.2 Å². The molecule has 4 heterocycles. The van der Waals surface area contributed by atoms with Crippen LogP contribution in [0.4, 0.5) is 22.4 Å². The number of halogens is 4. The maximum absolute atomic E-state index is 15.6. The summed E-state index contributed by atoms with van der Waals surface area (Å²) >= 11 is 0.662. The quantitative estimate of drug-likeness (QED) is 0.248. The van der Waals surface area contributed by atoms with E-state index in [1.54, 1.807) is 20.0 Å². The molecule has 3 fully saturated rings. The lowest BCUT2D eigenvalue weighted by molar-refractivity contribution is -0.140. The fourth-order valence-electron chi connectivity index (χ4n) is 6.88. The van der Waals surface area contributed by atoms with Crippen molar-refractivity contribution in [3.63, 3.8) is 0 Å². The predicted molar refractivity (Wildman–Crippen MR) is 189 cm³/mol. The lowest BCUT2D eigenvalue weighted by atomic mass is 10.1. The van der Waals surface area contributed by atoms with Gasteiger partial charge in [0.1, 0.15) is 39.7 Å². The van der Waals surface area contributed by atoms with Gasteiger partial charge < -0.3 is 24.6 Å². The van der Waals surface area contributed by atoms with Gasteiger partial charge in [-0.2, -0.15) is 13.2 Å². The van der Waals surface area contributed by atoms with E-state index in [0.29, 0.717) is 43.6 Å². The number of thiazole rings is 1. The zero-order valence-electron chi connectivity index (χ0n) is 29.5. The van der Waals surface area contributed by atoms with Crippen molar-refractivity contribution >= 4 is 50.1 Å². The number of pyridine rings is 1. The second-order valence-corrected chi connectivity index (χ2v) is 17.5. The molecule has 4 atom stereocenters. The molecule has 54 heavy (non-hydrogen) atoms. The number of likely N-dealkylation sites (N-methyl/N-ethyl adjacent to an activating group) is 1. The van der Waals surface area contributed by atoms with Crippen LogP contribution in [0.1, 0.15) is 57.6 Å². The van der Waals surface area contributed by atoms with E-state index in [-0.39, 0.29) is 52.5 Å². The summed E-state index contributed by atoms with van der Waals surface area (Å²) in [6, 6.07) is 2.29. The highest BCUT2D eigenvalue weighted by molar-refractivity contribution is 7.91. The van der Waals surface area contributed by atoms with Gasteiger partial charge in [0.25, 0.3) is 5.91 Å². The first-order valence-corrected chi connectivity index (χ1v) is 19.8. The molecule has 0 unspecified atom stereocenters. The number of rotatable bonds is 7. The Morgan fingerprint density at radius 1 is 1.15 bits per heavy atom. The van der Waals surface area contributed by atoms with Crippen molar-refractivity contribution in [2.24, 2.45) is 5.92 Å². The number of carbonyl (C=O) groups is 3. The number of allylic oxidation sites excluding steroid dienone is 1. The summed E-state index contributed by atoms with van der Waals surface area (Å²) in [7, 11) is -1.16. The van der Waals surface area contributed by atoms with Gasteiger partial charge in [-0.25, -0.2) is 27.6 Å². The zero-order chi connectivity index (χ0) is 38.8. The molecule has 7 rings (SSSR count). The second kappa shape index (κ2) is 13.6. The summed E-state index contributed by atoms with van der Waals surface area (Å²) in [4.78, 5) is 52.4. The largest absolute Gasteiger partial charge is 0.494 e. The Balaban J connectivity index is 1.21. The minimum Gasteiger partial charge on any atom is -0.494 e. The van der Waals surface area contributed by atoms with Crippen molar-refractivity contribution in [2.45, 2.75) is 80.5 Å². The number of fused-ring (bicyclic) bond motifs is 3. The number of nitrogens with one attached hydrogen (secondary N) is 2. The Morgan fingerprint density at radius 2 is 1.91 bits per heavy atom. The first-order chi connectivity index (χ1) is 25.5. The smallest absolute Gasteiger partial charge is 0.434 e. The van der Waals surface area contributed by atoms with Crippen molar-refractivity contribution in [1.29, 1.82) is 0 Å². The molecule has 19 heteroatoms. The predicted octanol–water partition coefficient (Wildman–Crippen LogP) is 5.01. The van der Waals surface area contributed by atoms with E-state index in [2.05, 4.69) is 20.0 Å². The van der Waals surface area contributed by atoms with Crippen LogP contribution in [-0.2, 0) is 25.8 Å². The summed E-state index contributed by atoms with van der Waals surface area (Å²) in [6.07, 6.45) is 1.04. The Hall–Kier alpha value is -4.52. The normalized spacial score (nSPS) is 26.3. The fourth-order valence-corrected chi connectivity index (χ4v) is 8.98. The number of urea groups is 1. The van der Waals surface area contributed by atoms with Crippen LogP contribution in [0.5, 0.6) is 11.5 Å². The molecule has 13 nitrogen and oxygen atoms in total. The summed E-state index contributed by atoms with van der Waals surface area (Å²) in [5.41, 5.74) is -3.08. The highest BCUT2D eigenvalue weighted by Crippen LogP contribution is 2.48. The maximum Gasteiger partial charge on any atom is 0.434 e. The van der Waals surface area contributed by atoms with E-state index >= 15 is 4.39 Å². The number of nitrogens with zero attached hydrogens (tertiary/aromatic N) is 4. The van der Waals surface area contributed by atoms with E-state index in [9.17, 15) is 36.0 Å². The third-order valence-electron chi connectivity index (χ3n) is 10.6. The molecule has 0 bridgehead atoms. The van der Waals surface area contributed by atoms with Crippen molar-refractivity contribution in [1.82, 2.24) is 29.8 Å². The molecule has 2 aliphatic carbocycles. The number of methoxy groups -OCH3 is 1. The van der Waals surface area contributed by atoms with E-state index in [1.165, 1.54) is 35.1 Å². The maximum atomic E-state index is 15.6. The molecule has 0 spiro atoms. The number of sulfonamides is 1. The van der Waals surface area contributed by atoms with Crippen LogP contribution < -0.4 is 19.5 Å².